The van der Waals surface area contributed by atoms with Gasteiger partial charge >= 0.3 is 0 Å². The molecule has 0 aromatic heterocycles. The van der Waals surface area contributed by atoms with Crippen LogP contribution in [0.5, 0.6) is 0 Å². The monoisotopic (exact) mass is 618 g/mol. The van der Waals surface area contributed by atoms with Gasteiger partial charge in [0, 0.05) is 43.7 Å². The van der Waals surface area contributed by atoms with Crippen LogP contribution in [0.15, 0.2) is 41.5 Å². The van der Waals surface area contributed by atoms with Crippen LogP contribution in [-0.4, -0.2) is 66.1 Å². The first-order valence-corrected chi connectivity index (χ1v) is 15.8. The molecule has 0 saturated heterocycles. The Morgan fingerprint density at radius 3 is 2.11 bits per heavy atom. The van der Waals surface area contributed by atoms with Crippen LogP contribution >= 0.6 is 0 Å². The summed E-state index contributed by atoms with van der Waals surface area (Å²) >= 11 is 0. The molecule has 0 fully saturated rings. The second-order valence-corrected chi connectivity index (χ2v) is 12.9. The number of primary amides is 1. The van der Waals surface area contributed by atoms with Crippen molar-refractivity contribution in [3.63, 3.8) is 0 Å². The zero-order chi connectivity index (χ0) is 33.2. The number of rotatable bonds is 17. The highest BCUT2D eigenvalue weighted by Gasteiger charge is 2.50. The third-order valence-electron chi connectivity index (χ3n) is 8.04. The molecule has 10 heteroatoms. The van der Waals surface area contributed by atoms with Gasteiger partial charge in [0.1, 0.15) is 11.6 Å². The Balaban J connectivity index is 2.67. The summed E-state index contributed by atoms with van der Waals surface area (Å²) in [6.07, 6.45) is 3.37. The Morgan fingerprint density at radius 1 is 1.02 bits per heavy atom. The number of nitrogens with two attached hydrogens (primary N) is 1. The number of carbonyl (C=O) groups is 3. The predicted molar refractivity (Wildman–Crippen MR) is 169 cm³/mol. The van der Waals surface area contributed by atoms with E-state index in [1.807, 2.05) is 41.5 Å². The summed E-state index contributed by atoms with van der Waals surface area (Å²) in [5, 5.41) is 18.1. The fourth-order valence-electron chi connectivity index (χ4n) is 6.06. The second-order valence-electron chi connectivity index (χ2n) is 12.9. The molecule has 0 heterocycles. The minimum Gasteiger partial charge on any atom is -0.391 e. The number of aliphatic hydroxyl groups excluding tert-OH is 1. The molecule has 8 nitrogen and oxygen atoms in total. The molecule has 1 aromatic rings. The lowest BCUT2D eigenvalue weighted by atomic mass is 9.63. The number of amides is 3. The first-order valence-electron chi connectivity index (χ1n) is 15.8. The van der Waals surface area contributed by atoms with Crippen LogP contribution in [0.1, 0.15) is 73.3 Å². The summed E-state index contributed by atoms with van der Waals surface area (Å²) in [6, 6.07) is 2.50. The average Bonchev–Trinajstić information content (AvgIpc) is 2.93. The van der Waals surface area contributed by atoms with Gasteiger partial charge in [-0.25, -0.2) is 8.78 Å². The van der Waals surface area contributed by atoms with Crippen molar-refractivity contribution in [2.24, 2.45) is 28.9 Å². The first-order chi connectivity index (χ1) is 20.6. The van der Waals surface area contributed by atoms with Crippen LogP contribution in [0, 0.1) is 34.8 Å². The number of nitrogens with one attached hydrogen (secondary N) is 2. The van der Waals surface area contributed by atoms with Crippen molar-refractivity contribution in [1.82, 2.24) is 15.5 Å². The number of hydrogen-bond donors (Lipinski definition) is 4. The molecule has 4 atom stereocenters. The molecule has 0 saturated carbocycles. The zero-order valence-corrected chi connectivity index (χ0v) is 27.4. The number of halogens is 2. The van der Waals surface area contributed by atoms with E-state index in [2.05, 4.69) is 10.6 Å². The van der Waals surface area contributed by atoms with Gasteiger partial charge in [-0.15, -0.1) is 0 Å². The van der Waals surface area contributed by atoms with Crippen molar-refractivity contribution in [2.45, 2.75) is 86.3 Å². The Morgan fingerprint density at radius 2 is 1.61 bits per heavy atom. The summed E-state index contributed by atoms with van der Waals surface area (Å²) in [7, 11) is 0. The van der Waals surface area contributed by atoms with Gasteiger partial charge in [0.25, 0.3) is 0 Å². The van der Waals surface area contributed by atoms with Crippen LogP contribution in [0.2, 0.25) is 0 Å². The average molecular weight is 619 g/mol. The van der Waals surface area contributed by atoms with Gasteiger partial charge in [-0.05, 0) is 62.1 Å². The maximum Gasteiger partial charge on any atom is 0.244 e. The smallest absolute Gasteiger partial charge is 0.244 e. The van der Waals surface area contributed by atoms with Crippen LogP contribution in [0.4, 0.5) is 8.78 Å². The van der Waals surface area contributed by atoms with Crippen molar-refractivity contribution in [3.8, 4) is 0 Å². The van der Waals surface area contributed by atoms with Gasteiger partial charge in [-0.2, -0.15) is 0 Å². The van der Waals surface area contributed by atoms with Gasteiger partial charge in [-0.3, -0.25) is 14.4 Å². The normalized spacial score (nSPS) is 18.8. The zero-order valence-electron chi connectivity index (χ0n) is 27.4. The third kappa shape index (κ3) is 9.95. The number of aliphatic hydroxyl groups is 1. The molecule has 5 N–H and O–H groups in total. The lowest BCUT2D eigenvalue weighted by molar-refractivity contribution is -0.145. The molecular formula is C34H52F2N4O4. The van der Waals surface area contributed by atoms with Gasteiger partial charge in [0.2, 0.25) is 17.7 Å². The highest BCUT2D eigenvalue weighted by molar-refractivity contribution is 5.96. The molecular weight excluding hydrogens is 566 g/mol. The Labute approximate surface area is 261 Å². The van der Waals surface area contributed by atoms with Crippen molar-refractivity contribution >= 4 is 17.7 Å². The minimum absolute atomic E-state index is 0.0724. The van der Waals surface area contributed by atoms with E-state index in [4.69, 9.17) is 5.73 Å². The van der Waals surface area contributed by atoms with Crippen molar-refractivity contribution in [1.29, 1.82) is 0 Å². The SMILES string of the molecule is CCCN(CCC)C(=O)C1([C@H](Cc2cc(F)cc(F)c2)[C@@H](O)CN[C@@H](C(=O)NCC(C)C)C(C)C)C=C(C)C=C(C(N)=O)C1. The van der Waals surface area contributed by atoms with Crippen LogP contribution in [0.3, 0.4) is 0 Å². The summed E-state index contributed by atoms with van der Waals surface area (Å²) in [6.45, 7) is 14.8. The van der Waals surface area contributed by atoms with E-state index < -0.39 is 41.0 Å². The predicted octanol–water partition coefficient (Wildman–Crippen LogP) is 4.27. The lowest BCUT2D eigenvalue weighted by Gasteiger charge is -2.45. The van der Waals surface area contributed by atoms with Gasteiger partial charge < -0.3 is 26.4 Å². The highest BCUT2D eigenvalue weighted by Crippen LogP contribution is 2.45. The van der Waals surface area contributed by atoms with Crippen molar-refractivity contribution < 1.29 is 28.3 Å². The molecule has 44 heavy (non-hydrogen) atoms. The van der Waals surface area contributed by atoms with E-state index in [9.17, 15) is 28.3 Å². The molecule has 3 amide bonds. The van der Waals surface area contributed by atoms with Crippen molar-refractivity contribution in [2.75, 3.05) is 26.2 Å². The van der Waals surface area contributed by atoms with E-state index in [-0.39, 0.29) is 54.2 Å². The van der Waals surface area contributed by atoms with Gasteiger partial charge in [0.05, 0.1) is 17.6 Å². The van der Waals surface area contributed by atoms with Crippen LogP contribution in [0.25, 0.3) is 0 Å². The number of benzene rings is 1. The van der Waals surface area contributed by atoms with Crippen LogP contribution in [-0.2, 0) is 20.8 Å². The van der Waals surface area contributed by atoms with Gasteiger partial charge in [0.15, 0.2) is 0 Å². The summed E-state index contributed by atoms with van der Waals surface area (Å²) in [5.74, 6) is -3.54. The largest absolute Gasteiger partial charge is 0.391 e. The molecule has 1 aromatic carbocycles. The Hall–Kier alpha value is -3.11. The van der Waals surface area contributed by atoms with E-state index >= 15 is 0 Å². The molecule has 1 unspecified atom stereocenters. The summed E-state index contributed by atoms with van der Waals surface area (Å²) < 4.78 is 28.8. The Bertz CT molecular complexity index is 1190. The van der Waals surface area contributed by atoms with Crippen molar-refractivity contribution in [3.05, 3.63) is 58.7 Å². The summed E-state index contributed by atoms with van der Waals surface area (Å²) in [5.41, 5.74) is 5.40. The maximum absolute atomic E-state index is 14.6. The topological polar surface area (TPSA) is 125 Å². The molecule has 0 aliphatic heterocycles. The lowest BCUT2D eigenvalue weighted by Crippen LogP contribution is -2.56. The third-order valence-corrected chi connectivity index (χ3v) is 8.04. The number of allylic oxidation sites excluding steroid dienone is 2. The molecule has 0 bridgehead atoms. The van der Waals surface area contributed by atoms with E-state index in [1.165, 1.54) is 12.1 Å². The summed E-state index contributed by atoms with van der Waals surface area (Å²) in [4.78, 5) is 41.9. The fourth-order valence-corrected chi connectivity index (χ4v) is 6.06. The molecule has 2 rings (SSSR count). The molecule has 0 spiro atoms. The van der Waals surface area contributed by atoms with E-state index in [0.717, 1.165) is 6.07 Å². The molecule has 0 radical (unpaired) electrons. The fraction of sp³-hybridized carbons (Fsp3) is 0.618. The Kier molecular flexibility index (Phi) is 14.2. The van der Waals surface area contributed by atoms with E-state index in [0.29, 0.717) is 38.0 Å². The van der Waals surface area contributed by atoms with Gasteiger partial charge in [-0.1, -0.05) is 59.3 Å². The van der Waals surface area contributed by atoms with Crippen LogP contribution < -0.4 is 16.4 Å². The number of carbonyl (C=O) groups excluding carboxylic acids is 3. The number of hydrogen-bond acceptors (Lipinski definition) is 5. The molecule has 246 valence electrons. The first kappa shape index (κ1) is 37.1. The molecule has 1 aliphatic rings. The number of nitrogens with zero attached hydrogens (tertiary/aromatic N) is 1. The molecule has 1 aliphatic carbocycles. The maximum atomic E-state index is 14.6. The standard InChI is InChI=1S/C34H52F2N4O4/c1-8-10-40(11-9-2)33(44)34(17-23(7)12-25(18-34)31(37)42)28(15-24-13-26(35)16-27(36)14-24)29(41)20-38-30(22(5)6)32(43)39-19-21(3)4/h12-14,16-17,21-22,28-30,38,41H,8-11,15,18-20H2,1-7H3,(H2,37,42)(H,39,43)/t28-,29+,30-,34?/m1/s1. The second kappa shape index (κ2) is 16.8. The quantitative estimate of drug-likeness (QED) is 0.208. The highest BCUT2D eigenvalue weighted by atomic mass is 19.1. The minimum atomic E-state index is -1.45. The van der Waals surface area contributed by atoms with E-state index in [1.54, 1.807) is 24.0 Å².